The van der Waals surface area contributed by atoms with Crippen LogP contribution in [0.15, 0.2) is 17.1 Å². The molecule has 3 fully saturated rings. The molecular weight excluding hydrogens is 236 g/mol. The molecule has 6 heteroatoms. The Morgan fingerprint density at radius 2 is 2.33 bits per heavy atom. The average molecular weight is 250 g/mol. The summed E-state index contributed by atoms with van der Waals surface area (Å²) in [6, 6.07) is 1.76. The van der Waals surface area contributed by atoms with E-state index in [0.717, 1.165) is 0 Å². The highest BCUT2D eigenvalue weighted by Crippen LogP contribution is 2.76. The van der Waals surface area contributed by atoms with Crippen molar-refractivity contribution in [3.8, 4) is 0 Å². The monoisotopic (exact) mass is 250 g/mol. The average Bonchev–Trinajstić information content (AvgIpc) is 2.60. The number of nitrogens with zero attached hydrogens (tertiary/aromatic N) is 2. The third-order valence-corrected chi connectivity index (χ3v) is 4.65. The molecule has 2 unspecified atom stereocenters. The van der Waals surface area contributed by atoms with Gasteiger partial charge in [-0.25, -0.2) is 4.79 Å². The summed E-state index contributed by atoms with van der Waals surface area (Å²) >= 11 is 0. The molecule has 3 aliphatic rings. The summed E-state index contributed by atoms with van der Waals surface area (Å²) in [5.41, 5.74) is -0.639. The van der Waals surface area contributed by atoms with E-state index in [9.17, 15) is 9.90 Å². The van der Waals surface area contributed by atoms with E-state index in [0.29, 0.717) is 5.69 Å². The zero-order valence-electron chi connectivity index (χ0n) is 10.2. The molecular formula is C12H14N2O4. The van der Waals surface area contributed by atoms with Crippen molar-refractivity contribution in [1.29, 1.82) is 0 Å². The predicted octanol–water partition coefficient (Wildman–Crippen LogP) is -0.401. The minimum atomic E-state index is -0.618. The highest BCUT2D eigenvalue weighted by Gasteiger charge is 2.92. The van der Waals surface area contributed by atoms with Crippen molar-refractivity contribution in [3.05, 3.63) is 28.4 Å². The molecule has 3 heterocycles. The molecule has 0 amide bonds. The Hall–Kier alpha value is -1.24. The first-order valence-electron chi connectivity index (χ1n) is 6.06. The molecule has 1 saturated carbocycles. The van der Waals surface area contributed by atoms with Gasteiger partial charge in [0, 0.05) is 11.9 Å². The predicted molar refractivity (Wildman–Crippen MR) is 59.9 cm³/mol. The van der Waals surface area contributed by atoms with Gasteiger partial charge in [0.1, 0.15) is 17.3 Å². The molecule has 2 saturated heterocycles. The fraction of sp³-hybridized carbons (Fsp3) is 0.667. The van der Waals surface area contributed by atoms with Gasteiger partial charge in [0.15, 0.2) is 6.23 Å². The Labute approximate surface area is 103 Å². The maximum absolute atomic E-state index is 11.8. The number of aliphatic hydroxyl groups is 1. The molecule has 0 bridgehead atoms. The summed E-state index contributed by atoms with van der Waals surface area (Å²) in [4.78, 5) is 15.7. The second kappa shape index (κ2) is 2.84. The lowest BCUT2D eigenvalue weighted by Crippen LogP contribution is -2.50. The minimum absolute atomic E-state index is 0.0742. The van der Waals surface area contributed by atoms with E-state index in [1.165, 1.54) is 4.57 Å². The van der Waals surface area contributed by atoms with Gasteiger partial charge in [-0.1, -0.05) is 0 Å². The number of hydrogen-bond acceptors (Lipinski definition) is 5. The molecule has 1 aromatic heterocycles. The highest BCUT2D eigenvalue weighted by atomic mass is 16.7. The lowest BCUT2D eigenvalue weighted by Gasteiger charge is -2.40. The largest absolute Gasteiger partial charge is 0.393 e. The molecule has 0 aromatic carbocycles. The summed E-state index contributed by atoms with van der Waals surface area (Å²) in [5.74, 6) is 0.188. The van der Waals surface area contributed by atoms with Crippen LogP contribution in [-0.2, 0) is 9.47 Å². The molecule has 1 aromatic rings. The van der Waals surface area contributed by atoms with Crippen molar-refractivity contribution in [2.45, 2.75) is 37.4 Å². The second-order valence-electron chi connectivity index (χ2n) is 5.48. The number of aromatic nitrogens is 2. The van der Waals surface area contributed by atoms with Gasteiger partial charge >= 0.3 is 5.69 Å². The first kappa shape index (κ1) is 10.7. The van der Waals surface area contributed by atoms with E-state index in [-0.39, 0.29) is 29.9 Å². The Morgan fingerprint density at radius 3 is 2.94 bits per heavy atom. The Kier molecular flexibility index (Phi) is 1.68. The summed E-state index contributed by atoms with van der Waals surface area (Å²) in [5, 5.41) is 9.50. The van der Waals surface area contributed by atoms with Crippen LogP contribution in [0, 0.1) is 12.8 Å². The molecule has 5 atom stereocenters. The van der Waals surface area contributed by atoms with Crippen LogP contribution in [0.3, 0.4) is 0 Å². The first-order valence-corrected chi connectivity index (χ1v) is 6.06. The lowest BCUT2D eigenvalue weighted by atomic mass is 10.1. The van der Waals surface area contributed by atoms with E-state index in [2.05, 4.69) is 4.98 Å². The Bertz CT molecular complexity index is 600. The van der Waals surface area contributed by atoms with Crippen molar-refractivity contribution in [3.63, 3.8) is 0 Å². The molecule has 4 rings (SSSR count). The van der Waals surface area contributed by atoms with Crippen LogP contribution in [0.2, 0.25) is 0 Å². The number of ether oxygens (including phenoxy) is 2. The van der Waals surface area contributed by atoms with E-state index < -0.39 is 11.8 Å². The summed E-state index contributed by atoms with van der Waals surface area (Å²) in [6.45, 7) is 3.64. The molecule has 96 valence electrons. The number of hydrogen-bond donors (Lipinski definition) is 1. The fourth-order valence-corrected chi connectivity index (χ4v) is 3.59. The van der Waals surface area contributed by atoms with Gasteiger partial charge in [0.2, 0.25) is 0 Å². The van der Waals surface area contributed by atoms with Gasteiger partial charge in [-0.05, 0) is 19.9 Å². The van der Waals surface area contributed by atoms with E-state index in [1.54, 1.807) is 19.2 Å². The van der Waals surface area contributed by atoms with Crippen LogP contribution in [0.4, 0.5) is 0 Å². The summed E-state index contributed by atoms with van der Waals surface area (Å²) in [7, 11) is 0. The van der Waals surface area contributed by atoms with Gasteiger partial charge in [-0.3, -0.25) is 4.57 Å². The third-order valence-electron chi connectivity index (χ3n) is 4.65. The summed E-state index contributed by atoms with van der Waals surface area (Å²) in [6.07, 6.45) is 1.05. The number of aryl methyl sites for hydroxylation is 1. The van der Waals surface area contributed by atoms with Crippen LogP contribution < -0.4 is 5.69 Å². The van der Waals surface area contributed by atoms with Crippen molar-refractivity contribution in [2.75, 3.05) is 6.61 Å². The molecule has 1 aliphatic carbocycles. The Balaban J connectivity index is 1.72. The third kappa shape index (κ3) is 0.899. The van der Waals surface area contributed by atoms with Crippen LogP contribution in [0.5, 0.6) is 0 Å². The van der Waals surface area contributed by atoms with Crippen LogP contribution in [0.25, 0.3) is 0 Å². The molecule has 0 radical (unpaired) electrons. The van der Waals surface area contributed by atoms with E-state index in [1.807, 2.05) is 6.92 Å². The molecule has 6 nitrogen and oxygen atoms in total. The van der Waals surface area contributed by atoms with E-state index in [4.69, 9.17) is 9.47 Å². The number of fused-ring (bicyclic) bond motifs is 1. The molecule has 0 spiro atoms. The lowest BCUT2D eigenvalue weighted by molar-refractivity contribution is -0.253. The van der Waals surface area contributed by atoms with Gasteiger partial charge < -0.3 is 14.6 Å². The SMILES string of the molecule is Cc1ccn(C2O[C@@]3(CO)[C@H]4C2O[C@@]43C)c(=O)n1. The van der Waals surface area contributed by atoms with Gasteiger partial charge in [0.05, 0.1) is 12.5 Å². The minimum Gasteiger partial charge on any atom is -0.393 e. The van der Waals surface area contributed by atoms with Gasteiger partial charge in [-0.2, -0.15) is 4.98 Å². The van der Waals surface area contributed by atoms with Gasteiger partial charge in [-0.15, -0.1) is 0 Å². The van der Waals surface area contributed by atoms with Crippen LogP contribution >= 0.6 is 0 Å². The molecule has 1 N–H and O–H groups in total. The second-order valence-corrected chi connectivity index (χ2v) is 5.48. The standard InChI is InChI=1S/C12H14N2O4/c1-6-3-4-14(10(16)13-6)9-7-8-11(2,17-7)12(8,5-15)18-9/h3-4,7-9,15H,5H2,1-2H3/t7?,8-,9?,11-,12-/m0/s1. The first-order chi connectivity index (χ1) is 8.53. The topological polar surface area (TPSA) is 73.6 Å². The maximum Gasteiger partial charge on any atom is 0.349 e. The number of aliphatic hydroxyl groups excluding tert-OH is 1. The maximum atomic E-state index is 11.8. The highest BCUT2D eigenvalue weighted by molar-refractivity contribution is 5.38. The van der Waals surface area contributed by atoms with Crippen molar-refractivity contribution >= 4 is 0 Å². The van der Waals surface area contributed by atoms with Crippen molar-refractivity contribution < 1.29 is 14.6 Å². The van der Waals surface area contributed by atoms with Crippen molar-refractivity contribution in [1.82, 2.24) is 9.55 Å². The molecule has 18 heavy (non-hydrogen) atoms. The van der Waals surface area contributed by atoms with E-state index >= 15 is 0 Å². The molecule has 2 aliphatic heterocycles. The van der Waals surface area contributed by atoms with Gasteiger partial charge in [0.25, 0.3) is 0 Å². The number of rotatable bonds is 2. The smallest absolute Gasteiger partial charge is 0.349 e. The zero-order chi connectivity index (χ0) is 12.7. The van der Waals surface area contributed by atoms with Crippen LogP contribution in [-0.4, -0.2) is 38.6 Å². The normalized spacial score (nSPS) is 47.6. The Morgan fingerprint density at radius 1 is 1.56 bits per heavy atom. The van der Waals surface area contributed by atoms with Crippen molar-refractivity contribution in [2.24, 2.45) is 5.92 Å². The fourth-order valence-electron chi connectivity index (χ4n) is 3.59. The van der Waals surface area contributed by atoms with Crippen LogP contribution in [0.1, 0.15) is 18.8 Å². The zero-order valence-corrected chi connectivity index (χ0v) is 10.2. The summed E-state index contributed by atoms with van der Waals surface area (Å²) < 4.78 is 13.1. The quantitative estimate of drug-likeness (QED) is 0.773.